The van der Waals surface area contributed by atoms with Crippen LogP contribution in [0.4, 0.5) is 5.69 Å². The Hall–Kier alpha value is -3.08. The molecule has 0 saturated carbocycles. The number of anilines is 1. The van der Waals surface area contributed by atoms with Gasteiger partial charge in [-0.3, -0.25) is 9.89 Å². The van der Waals surface area contributed by atoms with Crippen molar-refractivity contribution in [3.8, 4) is 17.0 Å². The van der Waals surface area contributed by atoms with Crippen molar-refractivity contribution < 1.29 is 9.53 Å². The Morgan fingerprint density at radius 2 is 1.91 bits per heavy atom. The third-order valence-electron chi connectivity index (χ3n) is 3.48. The van der Waals surface area contributed by atoms with Crippen molar-refractivity contribution in [2.24, 2.45) is 0 Å². The summed E-state index contributed by atoms with van der Waals surface area (Å²) in [6.45, 7) is 1.98. The lowest BCUT2D eigenvalue weighted by atomic mass is 10.1. The van der Waals surface area contributed by atoms with Gasteiger partial charge in [-0.1, -0.05) is 12.1 Å². The first-order chi connectivity index (χ1) is 11.2. The molecule has 0 aliphatic heterocycles. The number of aryl methyl sites for hydroxylation is 1. The fraction of sp³-hybridized carbons (Fsp3) is 0.111. The molecule has 3 rings (SSSR count). The zero-order valence-electron chi connectivity index (χ0n) is 13.0. The van der Waals surface area contributed by atoms with Crippen LogP contribution in [0.3, 0.4) is 0 Å². The van der Waals surface area contributed by atoms with E-state index in [4.69, 9.17) is 4.74 Å². The molecule has 0 atom stereocenters. The number of aromatic nitrogens is 2. The van der Waals surface area contributed by atoms with Crippen LogP contribution in [0.15, 0.2) is 54.6 Å². The van der Waals surface area contributed by atoms with Crippen LogP contribution in [0, 0.1) is 6.92 Å². The molecule has 0 spiro atoms. The van der Waals surface area contributed by atoms with Gasteiger partial charge in [0.2, 0.25) is 0 Å². The van der Waals surface area contributed by atoms with E-state index in [1.54, 1.807) is 13.2 Å². The first-order valence-electron chi connectivity index (χ1n) is 7.23. The first-order valence-corrected chi connectivity index (χ1v) is 7.23. The summed E-state index contributed by atoms with van der Waals surface area (Å²) in [6, 6.07) is 16.9. The van der Waals surface area contributed by atoms with Crippen LogP contribution in [0.25, 0.3) is 11.3 Å². The van der Waals surface area contributed by atoms with Crippen LogP contribution in [0.5, 0.6) is 5.75 Å². The molecule has 2 aromatic carbocycles. The summed E-state index contributed by atoms with van der Waals surface area (Å²) in [7, 11) is 1.62. The highest BCUT2D eigenvalue weighted by Gasteiger charge is 2.11. The topological polar surface area (TPSA) is 67.0 Å². The monoisotopic (exact) mass is 307 g/mol. The predicted molar refractivity (Wildman–Crippen MR) is 89.7 cm³/mol. The van der Waals surface area contributed by atoms with Gasteiger partial charge in [0.1, 0.15) is 11.4 Å². The number of amides is 1. The number of ether oxygens (including phenoxy) is 1. The van der Waals surface area contributed by atoms with Crippen molar-refractivity contribution >= 4 is 11.6 Å². The van der Waals surface area contributed by atoms with E-state index in [9.17, 15) is 4.79 Å². The molecule has 2 N–H and O–H groups in total. The van der Waals surface area contributed by atoms with Crippen LogP contribution in [0.1, 0.15) is 16.1 Å². The van der Waals surface area contributed by atoms with Gasteiger partial charge in [-0.2, -0.15) is 5.10 Å². The molecule has 1 aromatic heterocycles. The molecule has 0 radical (unpaired) electrons. The predicted octanol–water partition coefficient (Wildman–Crippen LogP) is 3.65. The Kier molecular flexibility index (Phi) is 4.10. The molecule has 0 bridgehead atoms. The summed E-state index contributed by atoms with van der Waals surface area (Å²) < 4.78 is 5.13. The van der Waals surface area contributed by atoms with Gasteiger partial charge < -0.3 is 10.1 Å². The number of methoxy groups -OCH3 is 1. The van der Waals surface area contributed by atoms with Crippen LogP contribution in [-0.2, 0) is 0 Å². The van der Waals surface area contributed by atoms with E-state index in [2.05, 4.69) is 15.5 Å². The van der Waals surface area contributed by atoms with Crippen molar-refractivity contribution in [2.75, 3.05) is 12.4 Å². The number of aromatic amines is 1. The van der Waals surface area contributed by atoms with E-state index < -0.39 is 0 Å². The minimum absolute atomic E-state index is 0.220. The molecular weight excluding hydrogens is 290 g/mol. The summed E-state index contributed by atoms with van der Waals surface area (Å²) in [4.78, 5) is 12.3. The van der Waals surface area contributed by atoms with Gasteiger partial charge in [0, 0.05) is 11.3 Å². The highest BCUT2D eigenvalue weighted by atomic mass is 16.5. The second-order valence-corrected chi connectivity index (χ2v) is 5.22. The fourth-order valence-corrected chi connectivity index (χ4v) is 2.27. The quantitative estimate of drug-likeness (QED) is 0.773. The van der Waals surface area contributed by atoms with Gasteiger partial charge in [0.25, 0.3) is 5.91 Å². The van der Waals surface area contributed by atoms with E-state index >= 15 is 0 Å². The molecule has 23 heavy (non-hydrogen) atoms. The van der Waals surface area contributed by atoms with Gasteiger partial charge in [0.15, 0.2) is 0 Å². The fourth-order valence-electron chi connectivity index (χ4n) is 2.27. The number of hydrogen-bond acceptors (Lipinski definition) is 3. The number of rotatable bonds is 4. The summed E-state index contributed by atoms with van der Waals surface area (Å²) in [6.07, 6.45) is 0. The van der Waals surface area contributed by atoms with Crippen molar-refractivity contribution in [2.45, 2.75) is 6.92 Å². The number of carbonyl (C=O) groups is 1. The number of H-pyrrole nitrogens is 1. The summed E-state index contributed by atoms with van der Waals surface area (Å²) in [5, 5.41) is 9.82. The minimum Gasteiger partial charge on any atom is -0.497 e. The van der Waals surface area contributed by atoms with Gasteiger partial charge in [-0.25, -0.2) is 0 Å². The lowest BCUT2D eigenvalue weighted by molar-refractivity contribution is 0.102. The minimum atomic E-state index is -0.220. The molecule has 5 nitrogen and oxygen atoms in total. The number of nitrogens with zero attached hydrogens (tertiary/aromatic N) is 1. The molecule has 0 fully saturated rings. The van der Waals surface area contributed by atoms with E-state index in [1.807, 2.05) is 55.5 Å². The maximum absolute atomic E-state index is 12.3. The maximum atomic E-state index is 12.3. The first kappa shape index (κ1) is 14.8. The number of nitrogens with one attached hydrogen (secondary N) is 2. The van der Waals surface area contributed by atoms with Crippen molar-refractivity contribution in [3.05, 3.63) is 65.9 Å². The average molecular weight is 307 g/mol. The third kappa shape index (κ3) is 3.40. The summed E-state index contributed by atoms with van der Waals surface area (Å²) in [5.41, 5.74) is 3.89. The van der Waals surface area contributed by atoms with E-state index in [0.29, 0.717) is 11.4 Å². The molecule has 0 aliphatic carbocycles. The number of hydrogen-bond donors (Lipinski definition) is 2. The van der Waals surface area contributed by atoms with Gasteiger partial charge in [0.05, 0.1) is 12.8 Å². The molecule has 0 aliphatic rings. The zero-order chi connectivity index (χ0) is 16.2. The van der Waals surface area contributed by atoms with Crippen LogP contribution in [0.2, 0.25) is 0 Å². The number of benzene rings is 2. The second-order valence-electron chi connectivity index (χ2n) is 5.22. The van der Waals surface area contributed by atoms with Gasteiger partial charge in [-0.15, -0.1) is 0 Å². The molecule has 0 unspecified atom stereocenters. The summed E-state index contributed by atoms with van der Waals surface area (Å²) in [5.74, 6) is 0.560. The Balaban J connectivity index is 1.76. The standard InChI is InChI=1S/C18H17N3O2/c1-12-4-3-5-14(10-12)19-18(22)17-11-16(20-21-17)13-6-8-15(23-2)9-7-13/h3-11H,1-2H3,(H,19,22)(H,20,21). The SMILES string of the molecule is COc1ccc(-c2cc(C(=O)Nc3cccc(C)c3)[nH]n2)cc1. The number of carbonyl (C=O) groups excluding carboxylic acids is 1. The molecule has 5 heteroatoms. The van der Waals surface area contributed by atoms with Crippen LogP contribution < -0.4 is 10.1 Å². The Morgan fingerprint density at radius 1 is 1.13 bits per heavy atom. The van der Waals surface area contributed by atoms with Gasteiger partial charge in [-0.05, 0) is 55.0 Å². The Bertz CT molecular complexity index is 822. The van der Waals surface area contributed by atoms with Crippen LogP contribution >= 0.6 is 0 Å². The lowest BCUT2D eigenvalue weighted by Gasteiger charge is -2.03. The summed E-state index contributed by atoms with van der Waals surface area (Å²) >= 11 is 0. The normalized spacial score (nSPS) is 10.3. The highest BCUT2D eigenvalue weighted by Crippen LogP contribution is 2.21. The molecule has 3 aromatic rings. The Labute approximate surface area is 134 Å². The van der Waals surface area contributed by atoms with Crippen LogP contribution in [-0.4, -0.2) is 23.2 Å². The molecular formula is C18H17N3O2. The highest BCUT2D eigenvalue weighted by molar-refractivity contribution is 6.03. The largest absolute Gasteiger partial charge is 0.497 e. The molecule has 1 heterocycles. The zero-order valence-corrected chi connectivity index (χ0v) is 13.0. The van der Waals surface area contributed by atoms with E-state index in [1.165, 1.54) is 0 Å². The Morgan fingerprint density at radius 3 is 2.61 bits per heavy atom. The molecule has 116 valence electrons. The van der Waals surface area contributed by atoms with Crippen molar-refractivity contribution in [1.82, 2.24) is 10.2 Å². The maximum Gasteiger partial charge on any atom is 0.273 e. The molecule has 0 saturated heterocycles. The van der Waals surface area contributed by atoms with Crippen molar-refractivity contribution in [3.63, 3.8) is 0 Å². The smallest absolute Gasteiger partial charge is 0.273 e. The second kappa shape index (κ2) is 6.36. The van der Waals surface area contributed by atoms with E-state index in [-0.39, 0.29) is 5.91 Å². The van der Waals surface area contributed by atoms with Crippen molar-refractivity contribution in [1.29, 1.82) is 0 Å². The van der Waals surface area contributed by atoms with E-state index in [0.717, 1.165) is 22.6 Å². The average Bonchev–Trinajstić information content (AvgIpc) is 3.05. The third-order valence-corrected chi connectivity index (χ3v) is 3.48. The lowest BCUT2D eigenvalue weighted by Crippen LogP contribution is -2.12. The van der Waals surface area contributed by atoms with Gasteiger partial charge >= 0.3 is 0 Å². The molecule has 1 amide bonds.